The largest absolute Gasteiger partial charge is 0.467 e. The SMILES string of the molecule is COCOc1cc2nc(C)oc2cc1-c1cnc(N2CCC(CN(C)C3CC3)C2)nn1. The number of hydrogen-bond acceptors (Lipinski definition) is 9. The predicted octanol–water partition coefficient (Wildman–Crippen LogP) is 2.89. The predicted molar refractivity (Wildman–Crippen MR) is 116 cm³/mol. The summed E-state index contributed by atoms with van der Waals surface area (Å²) in [5, 5.41) is 8.88. The molecule has 9 heteroatoms. The molecule has 1 aromatic carbocycles. The standard InChI is InChI=1S/C22H28N6O3/c1-14-24-18-9-20(30-13-29-3)17(8-21(18)31-14)19-10-23-22(26-25-19)28-7-6-15(12-28)11-27(2)16-4-5-16/h8-10,15-16H,4-7,11-13H2,1-3H3. The zero-order valence-electron chi connectivity index (χ0n) is 18.2. The Morgan fingerprint density at radius 3 is 2.84 bits per heavy atom. The third kappa shape index (κ3) is 4.33. The molecule has 2 fully saturated rings. The summed E-state index contributed by atoms with van der Waals surface area (Å²) in [6.45, 7) is 5.03. The molecule has 0 amide bonds. The Morgan fingerprint density at radius 1 is 1.23 bits per heavy atom. The van der Waals surface area contributed by atoms with Crippen molar-refractivity contribution in [2.24, 2.45) is 5.92 Å². The molecule has 31 heavy (non-hydrogen) atoms. The Labute approximate surface area is 181 Å². The molecule has 0 spiro atoms. The van der Waals surface area contributed by atoms with Gasteiger partial charge in [-0.25, -0.2) is 9.97 Å². The van der Waals surface area contributed by atoms with Crippen LogP contribution < -0.4 is 9.64 Å². The monoisotopic (exact) mass is 424 g/mol. The number of methoxy groups -OCH3 is 1. The lowest BCUT2D eigenvalue weighted by Gasteiger charge is -2.21. The number of ether oxygens (including phenoxy) is 2. The van der Waals surface area contributed by atoms with Crippen molar-refractivity contribution in [3.63, 3.8) is 0 Å². The minimum atomic E-state index is 0.124. The molecule has 164 valence electrons. The second-order valence-electron chi connectivity index (χ2n) is 8.51. The van der Waals surface area contributed by atoms with Crippen LogP contribution in [0.1, 0.15) is 25.2 Å². The van der Waals surface area contributed by atoms with E-state index in [-0.39, 0.29) is 6.79 Å². The van der Waals surface area contributed by atoms with Crippen molar-refractivity contribution in [3.05, 3.63) is 24.2 Å². The van der Waals surface area contributed by atoms with Gasteiger partial charge in [0, 0.05) is 51.3 Å². The normalized spacial score (nSPS) is 19.0. The van der Waals surface area contributed by atoms with E-state index < -0.39 is 0 Å². The van der Waals surface area contributed by atoms with Crippen molar-refractivity contribution < 1.29 is 13.9 Å². The van der Waals surface area contributed by atoms with Crippen molar-refractivity contribution in [3.8, 4) is 17.0 Å². The minimum absolute atomic E-state index is 0.124. The van der Waals surface area contributed by atoms with E-state index in [9.17, 15) is 0 Å². The number of aryl methyl sites for hydroxylation is 1. The lowest BCUT2D eigenvalue weighted by atomic mass is 10.1. The fraction of sp³-hybridized carbons (Fsp3) is 0.545. The van der Waals surface area contributed by atoms with E-state index in [4.69, 9.17) is 13.9 Å². The first kappa shape index (κ1) is 20.1. The first-order chi connectivity index (χ1) is 15.1. The van der Waals surface area contributed by atoms with Crippen LogP contribution in [0.5, 0.6) is 5.75 Å². The molecule has 5 rings (SSSR count). The molecule has 2 aliphatic rings. The molecule has 1 aliphatic carbocycles. The average Bonchev–Trinajstić information content (AvgIpc) is 3.42. The van der Waals surface area contributed by atoms with Crippen molar-refractivity contribution >= 4 is 17.0 Å². The summed E-state index contributed by atoms with van der Waals surface area (Å²) in [7, 11) is 3.82. The number of benzene rings is 1. The van der Waals surface area contributed by atoms with E-state index in [1.54, 1.807) is 13.3 Å². The average molecular weight is 425 g/mol. The van der Waals surface area contributed by atoms with Gasteiger partial charge in [0.1, 0.15) is 17.0 Å². The summed E-state index contributed by atoms with van der Waals surface area (Å²) in [6, 6.07) is 4.49. The molecule has 3 aromatic rings. The van der Waals surface area contributed by atoms with Crippen LogP contribution in [-0.2, 0) is 4.74 Å². The van der Waals surface area contributed by atoms with Crippen LogP contribution in [0.4, 0.5) is 5.95 Å². The van der Waals surface area contributed by atoms with Gasteiger partial charge in [-0.05, 0) is 38.3 Å². The Morgan fingerprint density at radius 2 is 2.10 bits per heavy atom. The van der Waals surface area contributed by atoms with Crippen LogP contribution in [0.25, 0.3) is 22.4 Å². The third-order valence-corrected chi connectivity index (χ3v) is 6.04. The number of rotatable bonds is 8. The second kappa shape index (κ2) is 8.39. The number of nitrogens with zero attached hydrogens (tertiary/aromatic N) is 6. The van der Waals surface area contributed by atoms with Crippen molar-refractivity contribution in [2.45, 2.75) is 32.2 Å². The summed E-state index contributed by atoms with van der Waals surface area (Å²) in [4.78, 5) is 13.7. The highest BCUT2D eigenvalue weighted by Crippen LogP contribution is 2.34. The molecule has 1 atom stereocenters. The molecule has 1 aliphatic heterocycles. The van der Waals surface area contributed by atoms with Gasteiger partial charge in [-0.2, -0.15) is 0 Å². The van der Waals surface area contributed by atoms with Crippen LogP contribution in [-0.4, -0.2) is 71.7 Å². The Balaban J connectivity index is 1.34. The Hall–Kier alpha value is -2.78. The second-order valence-corrected chi connectivity index (χ2v) is 8.51. The van der Waals surface area contributed by atoms with E-state index in [0.29, 0.717) is 34.8 Å². The first-order valence-corrected chi connectivity index (χ1v) is 10.8. The molecule has 1 saturated carbocycles. The van der Waals surface area contributed by atoms with Crippen LogP contribution in [0.3, 0.4) is 0 Å². The van der Waals surface area contributed by atoms with Gasteiger partial charge in [0.2, 0.25) is 5.95 Å². The molecule has 0 bridgehead atoms. The summed E-state index contributed by atoms with van der Waals surface area (Å²) in [6.07, 6.45) is 5.60. The van der Waals surface area contributed by atoms with E-state index in [2.05, 4.69) is 37.0 Å². The van der Waals surface area contributed by atoms with E-state index in [0.717, 1.165) is 36.8 Å². The fourth-order valence-corrected chi connectivity index (χ4v) is 4.28. The van der Waals surface area contributed by atoms with E-state index in [1.807, 2.05) is 19.1 Å². The Bertz CT molecular complexity index is 1050. The molecule has 1 saturated heterocycles. The number of aromatic nitrogens is 4. The lowest BCUT2D eigenvalue weighted by molar-refractivity contribution is 0.0516. The number of fused-ring (bicyclic) bond motifs is 1. The summed E-state index contributed by atoms with van der Waals surface area (Å²) >= 11 is 0. The van der Waals surface area contributed by atoms with Crippen LogP contribution in [0.15, 0.2) is 22.7 Å². The molecule has 0 radical (unpaired) electrons. The maximum Gasteiger partial charge on any atom is 0.245 e. The molecule has 3 heterocycles. The van der Waals surface area contributed by atoms with Gasteiger partial charge in [-0.3, -0.25) is 0 Å². The van der Waals surface area contributed by atoms with Crippen molar-refractivity contribution in [1.82, 2.24) is 25.1 Å². The maximum absolute atomic E-state index is 5.75. The molecule has 2 aromatic heterocycles. The van der Waals surface area contributed by atoms with Gasteiger partial charge in [0.25, 0.3) is 0 Å². The highest BCUT2D eigenvalue weighted by atomic mass is 16.7. The van der Waals surface area contributed by atoms with Crippen LogP contribution in [0.2, 0.25) is 0 Å². The Kier molecular flexibility index (Phi) is 5.45. The first-order valence-electron chi connectivity index (χ1n) is 10.8. The van der Waals surface area contributed by atoms with Crippen LogP contribution in [0, 0.1) is 12.8 Å². The van der Waals surface area contributed by atoms with E-state index in [1.165, 1.54) is 19.3 Å². The maximum atomic E-state index is 5.75. The summed E-state index contributed by atoms with van der Waals surface area (Å²) in [5.41, 5.74) is 2.77. The molecule has 9 nitrogen and oxygen atoms in total. The molecule has 0 N–H and O–H groups in total. The minimum Gasteiger partial charge on any atom is -0.467 e. The molecular formula is C22H28N6O3. The van der Waals surface area contributed by atoms with Gasteiger partial charge in [-0.1, -0.05) is 0 Å². The number of hydrogen-bond donors (Lipinski definition) is 0. The van der Waals surface area contributed by atoms with Gasteiger partial charge in [0.15, 0.2) is 18.3 Å². The molecule has 1 unspecified atom stereocenters. The fourth-order valence-electron chi connectivity index (χ4n) is 4.28. The van der Waals surface area contributed by atoms with Gasteiger partial charge in [-0.15, -0.1) is 10.2 Å². The van der Waals surface area contributed by atoms with Crippen molar-refractivity contribution in [2.75, 3.05) is 45.5 Å². The van der Waals surface area contributed by atoms with Crippen LogP contribution >= 0.6 is 0 Å². The highest BCUT2D eigenvalue weighted by molar-refractivity contribution is 5.83. The zero-order valence-corrected chi connectivity index (χ0v) is 18.2. The third-order valence-electron chi connectivity index (χ3n) is 6.04. The van der Waals surface area contributed by atoms with Gasteiger partial charge in [0.05, 0.1) is 6.20 Å². The van der Waals surface area contributed by atoms with Gasteiger partial charge >= 0.3 is 0 Å². The summed E-state index contributed by atoms with van der Waals surface area (Å²) < 4.78 is 16.5. The zero-order chi connectivity index (χ0) is 21.4. The smallest absolute Gasteiger partial charge is 0.245 e. The van der Waals surface area contributed by atoms with Crippen molar-refractivity contribution in [1.29, 1.82) is 0 Å². The number of anilines is 1. The lowest BCUT2D eigenvalue weighted by Crippen LogP contribution is -2.30. The quantitative estimate of drug-likeness (QED) is 0.506. The summed E-state index contributed by atoms with van der Waals surface area (Å²) in [5.74, 6) is 2.53. The topological polar surface area (TPSA) is 89.6 Å². The highest BCUT2D eigenvalue weighted by Gasteiger charge is 2.31. The molecular weight excluding hydrogens is 396 g/mol. The van der Waals surface area contributed by atoms with Gasteiger partial charge < -0.3 is 23.7 Å². The van der Waals surface area contributed by atoms with E-state index >= 15 is 0 Å². The number of oxazole rings is 1.